The number of rotatable bonds is 5. The molecule has 130 valence electrons. The highest BCUT2D eigenvalue weighted by Gasteiger charge is 2.25. The van der Waals surface area contributed by atoms with Crippen molar-refractivity contribution >= 4 is 10.9 Å². The number of ether oxygens (including phenoxy) is 2. The molecule has 1 saturated carbocycles. The van der Waals surface area contributed by atoms with Crippen LogP contribution in [0.1, 0.15) is 37.7 Å². The topological polar surface area (TPSA) is 59.2 Å². The van der Waals surface area contributed by atoms with Crippen molar-refractivity contribution in [1.82, 2.24) is 15.5 Å². The van der Waals surface area contributed by atoms with Gasteiger partial charge >= 0.3 is 0 Å². The summed E-state index contributed by atoms with van der Waals surface area (Å²) >= 11 is 0. The molecule has 1 unspecified atom stereocenters. The van der Waals surface area contributed by atoms with Gasteiger partial charge in [0, 0.05) is 30.1 Å². The molecule has 2 aliphatic rings. The van der Waals surface area contributed by atoms with Gasteiger partial charge in [-0.15, -0.1) is 0 Å². The third-order valence-electron chi connectivity index (χ3n) is 5.48. The number of nitrogens with zero attached hydrogens (tertiary/aromatic N) is 1. The summed E-state index contributed by atoms with van der Waals surface area (Å²) in [5.74, 6) is 1.69. The zero-order valence-corrected chi connectivity index (χ0v) is 14.4. The van der Waals surface area contributed by atoms with Crippen LogP contribution in [0, 0.1) is 12.8 Å². The number of hydrogen-bond donors (Lipinski definition) is 2. The fourth-order valence-electron chi connectivity index (χ4n) is 3.96. The fourth-order valence-corrected chi connectivity index (χ4v) is 3.96. The number of aromatic nitrogens is 2. The second-order valence-corrected chi connectivity index (χ2v) is 7.26. The highest BCUT2D eigenvalue weighted by Crippen LogP contribution is 2.30. The summed E-state index contributed by atoms with van der Waals surface area (Å²) in [4.78, 5) is 0. The van der Waals surface area contributed by atoms with E-state index in [1.165, 1.54) is 24.8 Å². The first-order valence-electron chi connectivity index (χ1n) is 9.20. The van der Waals surface area contributed by atoms with Crippen LogP contribution in [0.2, 0.25) is 0 Å². The van der Waals surface area contributed by atoms with Crippen molar-refractivity contribution in [2.24, 2.45) is 5.92 Å². The second-order valence-electron chi connectivity index (χ2n) is 7.26. The fraction of sp³-hybridized carbons (Fsp3) is 0.632. The Labute approximate surface area is 143 Å². The molecule has 0 spiro atoms. The molecule has 0 amide bonds. The van der Waals surface area contributed by atoms with E-state index in [2.05, 4.69) is 34.6 Å². The highest BCUT2D eigenvalue weighted by atomic mass is 16.5. The molecule has 1 aromatic heterocycles. The van der Waals surface area contributed by atoms with Crippen LogP contribution >= 0.6 is 0 Å². The molecule has 0 bridgehead atoms. The Hall–Kier alpha value is -1.59. The second kappa shape index (κ2) is 7.11. The lowest BCUT2D eigenvalue weighted by atomic mass is 9.92. The SMILES string of the molecule is Cc1c(O[C@H]2CCC[C@@H](NCC3CCOC3)C2)ccc2[nH]ncc12. The predicted octanol–water partition coefficient (Wildman–Crippen LogP) is 3.19. The minimum absolute atomic E-state index is 0.305. The minimum atomic E-state index is 0.305. The van der Waals surface area contributed by atoms with Crippen LogP contribution in [-0.2, 0) is 4.74 Å². The van der Waals surface area contributed by atoms with Crippen LogP contribution in [0.25, 0.3) is 10.9 Å². The van der Waals surface area contributed by atoms with Gasteiger partial charge in [-0.1, -0.05) is 0 Å². The normalized spacial score (nSPS) is 27.6. The first kappa shape index (κ1) is 15.9. The summed E-state index contributed by atoms with van der Waals surface area (Å²) in [7, 11) is 0. The predicted molar refractivity (Wildman–Crippen MR) is 94.4 cm³/mol. The lowest BCUT2D eigenvalue weighted by Gasteiger charge is -2.31. The number of nitrogens with one attached hydrogen (secondary N) is 2. The zero-order valence-electron chi connectivity index (χ0n) is 14.4. The van der Waals surface area contributed by atoms with Crippen LogP contribution < -0.4 is 10.1 Å². The molecule has 2 N–H and O–H groups in total. The molecule has 2 aromatic rings. The minimum Gasteiger partial charge on any atom is -0.490 e. The molecular weight excluding hydrogens is 302 g/mol. The summed E-state index contributed by atoms with van der Waals surface area (Å²) in [6.07, 6.45) is 8.11. The number of benzene rings is 1. The average molecular weight is 329 g/mol. The quantitative estimate of drug-likeness (QED) is 0.884. The average Bonchev–Trinajstić information content (AvgIpc) is 3.27. The van der Waals surface area contributed by atoms with Crippen molar-refractivity contribution in [1.29, 1.82) is 0 Å². The van der Waals surface area contributed by atoms with E-state index < -0.39 is 0 Å². The van der Waals surface area contributed by atoms with Gasteiger partial charge in [-0.3, -0.25) is 5.10 Å². The largest absolute Gasteiger partial charge is 0.490 e. The molecule has 2 heterocycles. The molecule has 4 rings (SSSR count). The van der Waals surface area contributed by atoms with Gasteiger partial charge in [0.25, 0.3) is 0 Å². The summed E-state index contributed by atoms with van der Waals surface area (Å²) in [6, 6.07) is 4.70. The molecular formula is C19H27N3O2. The monoisotopic (exact) mass is 329 g/mol. The molecule has 3 atom stereocenters. The summed E-state index contributed by atoms with van der Waals surface area (Å²) in [6.45, 7) is 5.05. The lowest BCUT2D eigenvalue weighted by molar-refractivity contribution is 0.131. The summed E-state index contributed by atoms with van der Waals surface area (Å²) in [5.41, 5.74) is 2.25. The van der Waals surface area contributed by atoms with Gasteiger partial charge in [-0.05, 0) is 57.1 Å². The molecule has 1 saturated heterocycles. The van der Waals surface area contributed by atoms with Crippen molar-refractivity contribution in [2.45, 2.75) is 51.2 Å². The van der Waals surface area contributed by atoms with Gasteiger partial charge < -0.3 is 14.8 Å². The van der Waals surface area contributed by atoms with Crippen molar-refractivity contribution in [2.75, 3.05) is 19.8 Å². The van der Waals surface area contributed by atoms with Crippen molar-refractivity contribution < 1.29 is 9.47 Å². The van der Waals surface area contributed by atoms with Crippen molar-refractivity contribution in [3.05, 3.63) is 23.9 Å². The Bertz CT molecular complexity index is 678. The van der Waals surface area contributed by atoms with E-state index in [1.54, 1.807) is 0 Å². The van der Waals surface area contributed by atoms with Gasteiger partial charge in [0.1, 0.15) is 11.9 Å². The Morgan fingerprint density at radius 2 is 2.29 bits per heavy atom. The number of hydrogen-bond acceptors (Lipinski definition) is 4. The number of aryl methyl sites for hydroxylation is 1. The maximum Gasteiger partial charge on any atom is 0.123 e. The van der Waals surface area contributed by atoms with E-state index in [-0.39, 0.29) is 0 Å². The van der Waals surface area contributed by atoms with Gasteiger partial charge in [0.15, 0.2) is 0 Å². The summed E-state index contributed by atoms with van der Waals surface area (Å²) < 4.78 is 11.8. The number of H-pyrrole nitrogens is 1. The lowest BCUT2D eigenvalue weighted by Crippen LogP contribution is -2.40. The van der Waals surface area contributed by atoms with Gasteiger partial charge in [0.2, 0.25) is 0 Å². The molecule has 2 fully saturated rings. The smallest absolute Gasteiger partial charge is 0.123 e. The van der Waals surface area contributed by atoms with Gasteiger partial charge in [0.05, 0.1) is 18.3 Å². The third-order valence-corrected chi connectivity index (χ3v) is 5.48. The molecule has 0 radical (unpaired) electrons. The van der Waals surface area contributed by atoms with Crippen LogP contribution in [-0.4, -0.2) is 42.1 Å². The van der Waals surface area contributed by atoms with Gasteiger partial charge in [-0.2, -0.15) is 5.10 Å². The highest BCUT2D eigenvalue weighted by molar-refractivity contribution is 5.83. The van der Waals surface area contributed by atoms with E-state index >= 15 is 0 Å². The summed E-state index contributed by atoms with van der Waals surface area (Å²) in [5, 5.41) is 12.0. The Morgan fingerprint density at radius 1 is 1.33 bits per heavy atom. The van der Waals surface area contributed by atoms with E-state index in [0.717, 1.165) is 49.3 Å². The van der Waals surface area contributed by atoms with Crippen molar-refractivity contribution in [3.63, 3.8) is 0 Å². The van der Waals surface area contributed by atoms with Crippen LogP contribution in [0.15, 0.2) is 18.3 Å². The molecule has 1 aliphatic carbocycles. The number of fused-ring (bicyclic) bond motifs is 1. The molecule has 24 heavy (non-hydrogen) atoms. The maximum absolute atomic E-state index is 6.36. The van der Waals surface area contributed by atoms with E-state index in [1.807, 2.05) is 6.20 Å². The van der Waals surface area contributed by atoms with E-state index in [4.69, 9.17) is 9.47 Å². The Kier molecular flexibility index (Phi) is 4.72. The third kappa shape index (κ3) is 3.42. The van der Waals surface area contributed by atoms with Crippen LogP contribution in [0.3, 0.4) is 0 Å². The van der Waals surface area contributed by atoms with E-state index in [9.17, 15) is 0 Å². The molecule has 1 aliphatic heterocycles. The van der Waals surface area contributed by atoms with E-state index in [0.29, 0.717) is 18.1 Å². The zero-order chi connectivity index (χ0) is 16.4. The molecule has 5 heteroatoms. The van der Waals surface area contributed by atoms with Crippen molar-refractivity contribution in [3.8, 4) is 5.75 Å². The first-order valence-corrected chi connectivity index (χ1v) is 9.20. The molecule has 5 nitrogen and oxygen atoms in total. The van der Waals surface area contributed by atoms with Crippen LogP contribution in [0.5, 0.6) is 5.75 Å². The standard InChI is InChI=1S/C19H27N3O2/c1-13-17-11-21-22-18(17)5-6-19(13)24-16-4-2-3-15(9-16)20-10-14-7-8-23-12-14/h5-6,11,14-16,20H,2-4,7-10,12H2,1H3,(H,21,22)/t14?,15-,16+/m1/s1. The van der Waals surface area contributed by atoms with Gasteiger partial charge in [-0.25, -0.2) is 0 Å². The Balaban J connectivity index is 1.35. The van der Waals surface area contributed by atoms with Crippen LogP contribution in [0.4, 0.5) is 0 Å². The maximum atomic E-state index is 6.36. The molecule has 1 aromatic carbocycles. The number of aromatic amines is 1. The Morgan fingerprint density at radius 3 is 3.17 bits per heavy atom. The first-order chi connectivity index (χ1) is 11.8.